The molecule has 136 valence electrons. The summed E-state index contributed by atoms with van der Waals surface area (Å²) in [7, 11) is 1.63. The number of aliphatic hydroxyl groups excluding tert-OH is 1. The monoisotopic (exact) mass is 340 g/mol. The highest BCUT2D eigenvalue weighted by molar-refractivity contribution is 5.32. The first-order valence-corrected chi connectivity index (χ1v) is 8.91. The molecule has 0 radical (unpaired) electrons. The number of ether oxygens (including phenoxy) is 3. The van der Waals surface area contributed by atoms with Gasteiger partial charge in [0.15, 0.2) is 0 Å². The van der Waals surface area contributed by atoms with Crippen molar-refractivity contribution in [3.8, 4) is 11.5 Å². The van der Waals surface area contributed by atoms with Gasteiger partial charge in [-0.25, -0.2) is 0 Å². The highest BCUT2D eigenvalue weighted by Gasteiger charge is 2.23. The van der Waals surface area contributed by atoms with E-state index in [1.807, 2.05) is 24.3 Å². The topological polar surface area (TPSA) is 56.8 Å². The summed E-state index contributed by atoms with van der Waals surface area (Å²) in [5.74, 6) is 1.54. The lowest BCUT2D eigenvalue weighted by Crippen LogP contribution is -3.28. The summed E-state index contributed by atoms with van der Waals surface area (Å²) in [5.41, 5.74) is 0. The average Bonchev–Trinajstić information content (AvgIpc) is 2.62. The molecule has 0 aliphatic carbocycles. The summed E-state index contributed by atoms with van der Waals surface area (Å²) in [5, 5.41) is 10.1. The number of methoxy groups -OCH3 is 1. The Bertz CT molecular complexity index is 464. The van der Waals surface area contributed by atoms with Crippen LogP contribution >= 0.6 is 0 Å². The number of nitrogens with one attached hydrogen (secondary N) is 2. The maximum absolute atomic E-state index is 10.1. The van der Waals surface area contributed by atoms with Crippen molar-refractivity contribution >= 4 is 0 Å². The number of likely N-dealkylation sites (N-methyl/N-ethyl adjacent to an activating group) is 1. The predicted molar refractivity (Wildman–Crippen MR) is 92.1 cm³/mol. The summed E-state index contributed by atoms with van der Waals surface area (Å²) >= 11 is 0. The fourth-order valence-corrected chi connectivity index (χ4v) is 3.04. The molecule has 1 saturated heterocycles. The molecule has 3 N–H and O–H groups in total. The second-order valence-corrected chi connectivity index (χ2v) is 6.31. The minimum atomic E-state index is -0.403. The van der Waals surface area contributed by atoms with Crippen molar-refractivity contribution in [1.29, 1.82) is 0 Å². The average molecular weight is 340 g/mol. The molecule has 6 heteroatoms. The Labute approximate surface area is 144 Å². The van der Waals surface area contributed by atoms with Gasteiger partial charge in [-0.05, 0) is 19.1 Å². The van der Waals surface area contributed by atoms with Gasteiger partial charge in [0.2, 0.25) is 0 Å². The van der Waals surface area contributed by atoms with Crippen LogP contribution < -0.4 is 19.3 Å². The number of hydrogen-bond acceptors (Lipinski definition) is 4. The van der Waals surface area contributed by atoms with Crippen LogP contribution in [0.2, 0.25) is 0 Å². The van der Waals surface area contributed by atoms with E-state index in [1.165, 1.54) is 24.5 Å². The molecule has 0 unspecified atom stereocenters. The summed E-state index contributed by atoms with van der Waals surface area (Å²) in [6.45, 7) is 10.2. The zero-order valence-corrected chi connectivity index (χ0v) is 14.9. The van der Waals surface area contributed by atoms with Gasteiger partial charge in [-0.15, -0.1) is 0 Å². The van der Waals surface area contributed by atoms with E-state index in [9.17, 15) is 5.11 Å². The largest absolute Gasteiger partial charge is 0.497 e. The molecule has 1 aliphatic heterocycles. The Kier molecular flexibility index (Phi) is 8.32. The third kappa shape index (κ3) is 6.65. The summed E-state index contributed by atoms with van der Waals surface area (Å²) < 4.78 is 16.3. The Balaban J connectivity index is 1.54. The molecule has 1 aromatic rings. The van der Waals surface area contributed by atoms with Crippen molar-refractivity contribution < 1.29 is 29.1 Å². The van der Waals surface area contributed by atoms with Gasteiger partial charge < -0.3 is 29.1 Å². The standard InChI is InChI=1S/C18H30N2O4/c1-3-19-7-9-20(10-8-19)14-16(21)15-23-11-12-24-18-6-4-5-17(13-18)22-2/h4-6,13,16,21H,3,7-12,14-15H2,1-2H3/p+2/t16-/m0/s1. The van der Waals surface area contributed by atoms with E-state index in [2.05, 4.69) is 6.92 Å². The third-order valence-electron chi connectivity index (χ3n) is 4.54. The fraction of sp³-hybridized carbons (Fsp3) is 0.667. The fourth-order valence-electron chi connectivity index (χ4n) is 3.04. The van der Waals surface area contributed by atoms with Crippen LogP contribution in [0.15, 0.2) is 24.3 Å². The predicted octanol–water partition coefficient (Wildman–Crippen LogP) is -1.75. The van der Waals surface area contributed by atoms with E-state index in [4.69, 9.17) is 14.2 Å². The van der Waals surface area contributed by atoms with Crippen LogP contribution in [0.5, 0.6) is 11.5 Å². The molecule has 0 amide bonds. The van der Waals surface area contributed by atoms with E-state index in [0.717, 1.165) is 31.1 Å². The van der Waals surface area contributed by atoms with Gasteiger partial charge in [0, 0.05) is 6.07 Å². The van der Waals surface area contributed by atoms with Crippen molar-refractivity contribution in [1.82, 2.24) is 0 Å². The highest BCUT2D eigenvalue weighted by Crippen LogP contribution is 2.18. The third-order valence-corrected chi connectivity index (χ3v) is 4.54. The number of benzene rings is 1. The van der Waals surface area contributed by atoms with Crippen molar-refractivity contribution in [3.05, 3.63) is 24.3 Å². The Hall–Kier alpha value is -1.34. The van der Waals surface area contributed by atoms with E-state index in [1.54, 1.807) is 12.0 Å². The molecule has 6 nitrogen and oxygen atoms in total. The van der Waals surface area contributed by atoms with Crippen molar-refractivity contribution in [3.63, 3.8) is 0 Å². The van der Waals surface area contributed by atoms with Crippen molar-refractivity contribution in [2.45, 2.75) is 13.0 Å². The van der Waals surface area contributed by atoms with E-state index >= 15 is 0 Å². The lowest BCUT2D eigenvalue weighted by Gasteiger charge is -2.30. The minimum Gasteiger partial charge on any atom is -0.497 e. The summed E-state index contributed by atoms with van der Waals surface area (Å²) in [6, 6.07) is 7.50. The second kappa shape index (κ2) is 10.5. The molecule has 2 rings (SSSR count). The number of hydrogen-bond donors (Lipinski definition) is 3. The number of rotatable bonds is 10. The van der Waals surface area contributed by atoms with Crippen LogP contribution in [-0.4, -0.2) is 77.4 Å². The van der Waals surface area contributed by atoms with Crippen LogP contribution in [0.4, 0.5) is 0 Å². The maximum atomic E-state index is 10.1. The van der Waals surface area contributed by atoms with Gasteiger partial charge in [0.1, 0.15) is 56.9 Å². The van der Waals surface area contributed by atoms with Crippen LogP contribution in [-0.2, 0) is 4.74 Å². The zero-order valence-electron chi connectivity index (χ0n) is 14.9. The first kappa shape index (κ1) is 19.0. The smallest absolute Gasteiger partial charge is 0.127 e. The maximum Gasteiger partial charge on any atom is 0.127 e. The summed E-state index contributed by atoms with van der Waals surface area (Å²) in [4.78, 5) is 3.15. The first-order valence-electron chi connectivity index (χ1n) is 8.91. The van der Waals surface area contributed by atoms with E-state index in [-0.39, 0.29) is 0 Å². The van der Waals surface area contributed by atoms with Gasteiger partial charge >= 0.3 is 0 Å². The van der Waals surface area contributed by atoms with Crippen LogP contribution in [0.1, 0.15) is 6.92 Å². The molecule has 1 aliphatic rings. The second-order valence-electron chi connectivity index (χ2n) is 6.31. The molecule has 0 aromatic heterocycles. The van der Waals surface area contributed by atoms with Gasteiger partial charge in [-0.1, -0.05) is 6.07 Å². The molecule has 24 heavy (non-hydrogen) atoms. The molecule has 0 bridgehead atoms. The number of aliphatic hydroxyl groups is 1. The van der Waals surface area contributed by atoms with Gasteiger partial charge in [0.05, 0.1) is 26.9 Å². The molecule has 1 atom stereocenters. The molecular formula is C18H32N2O4+2. The van der Waals surface area contributed by atoms with Gasteiger partial charge in [-0.3, -0.25) is 0 Å². The summed E-state index contributed by atoms with van der Waals surface area (Å²) in [6.07, 6.45) is -0.403. The molecule has 1 fully saturated rings. The van der Waals surface area contributed by atoms with Crippen molar-refractivity contribution in [2.24, 2.45) is 0 Å². The van der Waals surface area contributed by atoms with E-state index in [0.29, 0.717) is 19.8 Å². The lowest BCUT2D eigenvalue weighted by molar-refractivity contribution is -1.01. The van der Waals surface area contributed by atoms with Gasteiger partial charge in [-0.2, -0.15) is 0 Å². The van der Waals surface area contributed by atoms with Crippen LogP contribution in [0.3, 0.4) is 0 Å². The van der Waals surface area contributed by atoms with Crippen LogP contribution in [0.25, 0.3) is 0 Å². The minimum absolute atomic E-state index is 0.370. The Morgan fingerprint density at radius 3 is 2.50 bits per heavy atom. The van der Waals surface area contributed by atoms with Crippen molar-refractivity contribution in [2.75, 3.05) is 66.2 Å². The Morgan fingerprint density at radius 2 is 1.79 bits per heavy atom. The molecule has 1 aromatic carbocycles. The molecular weight excluding hydrogens is 308 g/mol. The number of quaternary nitrogens is 2. The first-order chi connectivity index (χ1) is 11.7. The quantitative estimate of drug-likeness (QED) is 0.443. The van der Waals surface area contributed by atoms with Gasteiger partial charge in [0.25, 0.3) is 0 Å². The molecule has 1 heterocycles. The van der Waals surface area contributed by atoms with Crippen LogP contribution in [0, 0.1) is 0 Å². The molecule has 0 saturated carbocycles. The highest BCUT2D eigenvalue weighted by atomic mass is 16.5. The molecule has 0 spiro atoms. The normalized spacial score (nSPS) is 22.1. The lowest BCUT2D eigenvalue weighted by atomic mass is 10.2. The zero-order chi connectivity index (χ0) is 17.2. The number of piperazine rings is 1. The van der Waals surface area contributed by atoms with E-state index < -0.39 is 6.10 Å². The SMILES string of the molecule is CC[NH+]1CC[NH+](C[C@H](O)COCCOc2cccc(OC)c2)CC1. The Morgan fingerprint density at radius 1 is 1.08 bits per heavy atom.